The second kappa shape index (κ2) is 5.81. The Kier molecular flexibility index (Phi) is 4.36. The summed E-state index contributed by atoms with van der Waals surface area (Å²) in [6.07, 6.45) is 2.23. The zero-order valence-corrected chi connectivity index (χ0v) is 11.8. The topological polar surface area (TPSA) is 32.3 Å². The van der Waals surface area contributed by atoms with Gasteiger partial charge in [-0.15, -0.1) is 0 Å². The molecule has 1 N–H and O–H groups in total. The Morgan fingerprint density at radius 1 is 1.39 bits per heavy atom. The number of benzene rings is 1. The van der Waals surface area contributed by atoms with Gasteiger partial charge in [-0.1, -0.05) is 29.3 Å². The number of carbonyl (C=O) groups is 1. The van der Waals surface area contributed by atoms with Gasteiger partial charge in [0, 0.05) is 12.6 Å². The van der Waals surface area contributed by atoms with Crippen molar-refractivity contribution < 1.29 is 4.79 Å². The third-order valence-corrected chi connectivity index (χ3v) is 3.66. The molecule has 5 heteroatoms. The van der Waals surface area contributed by atoms with Crippen LogP contribution in [0, 0.1) is 0 Å². The van der Waals surface area contributed by atoms with Gasteiger partial charge >= 0.3 is 0 Å². The molecule has 0 heterocycles. The van der Waals surface area contributed by atoms with Gasteiger partial charge < -0.3 is 10.2 Å². The first-order valence-electron chi connectivity index (χ1n) is 6.10. The van der Waals surface area contributed by atoms with Crippen LogP contribution in [-0.2, 0) is 4.79 Å². The van der Waals surface area contributed by atoms with Gasteiger partial charge in [0.25, 0.3) is 0 Å². The fraction of sp³-hybridized carbons (Fsp3) is 0.462. The van der Waals surface area contributed by atoms with E-state index in [-0.39, 0.29) is 12.5 Å². The Morgan fingerprint density at radius 2 is 2.00 bits per heavy atom. The van der Waals surface area contributed by atoms with E-state index in [2.05, 4.69) is 5.32 Å². The summed E-state index contributed by atoms with van der Waals surface area (Å²) in [6, 6.07) is 5.71. The van der Waals surface area contributed by atoms with Crippen molar-refractivity contribution in [3.8, 4) is 0 Å². The van der Waals surface area contributed by atoms with E-state index in [1.54, 1.807) is 18.2 Å². The SMILES string of the molecule is CCN(C(=O)CNc1c(Cl)cccc1Cl)C1CC1. The van der Waals surface area contributed by atoms with Crippen LogP contribution in [-0.4, -0.2) is 29.9 Å². The summed E-state index contributed by atoms with van der Waals surface area (Å²) in [5.74, 6) is 0.0935. The van der Waals surface area contributed by atoms with Gasteiger partial charge in [-0.05, 0) is 31.9 Å². The molecule has 0 unspecified atom stereocenters. The van der Waals surface area contributed by atoms with Crippen molar-refractivity contribution in [3.63, 3.8) is 0 Å². The normalized spacial score (nSPS) is 14.4. The lowest BCUT2D eigenvalue weighted by molar-refractivity contribution is -0.129. The molecule has 0 radical (unpaired) electrons. The first kappa shape index (κ1) is 13.5. The second-order valence-electron chi connectivity index (χ2n) is 4.36. The number of hydrogen-bond donors (Lipinski definition) is 1. The van der Waals surface area contributed by atoms with Gasteiger partial charge in [0.15, 0.2) is 0 Å². The smallest absolute Gasteiger partial charge is 0.242 e. The molecule has 1 aromatic rings. The van der Waals surface area contributed by atoms with Crippen LogP contribution in [0.5, 0.6) is 0 Å². The summed E-state index contributed by atoms with van der Waals surface area (Å²) in [7, 11) is 0. The van der Waals surface area contributed by atoms with E-state index in [0.29, 0.717) is 21.8 Å². The third kappa shape index (κ3) is 3.09. The van der Waals surface area contributed by atoms with Gasteiger partial charge in [-0.25, -0.2) is 0 Å². The molecule has 98 valence electrons. The minimum atomic E-state index is 0.0935. The van der Waals surface area contributed by atoms with Gasteiger partial charge in [0.2, 0.25) is 5.91 Å². The fourth-order valence-electron chi connectivity index (χ4n) is 1.96. The van der Waals surface area contributed by atoms with E-state index in [1.165, 1.54) is 0 Å². The summed E-state index contributed by atoms with van der Waals surface area (Å²) in [5, 5.41) is 4.09. The van der Waals surface area contributed by atoms with Gasteiger partial charge in [-0.3, -0.25) is 4.79 Å². The number of anilines is 1. The van der Waals surface area contributed by atoms with Crippen LogP contribution in [0.1, 0.15) is 19.8 Å². The fourth-order valence-corrected chi connectivity index (χ4v) is 2.49. The van der Waals surface area contributed by atoms with E-state index in [4.69, 9.17) is 23.2 Å². The van der Waals surface area contributed by atoms with E-state index in [9.17, 15) is 4.79 Å². The number of nitrogens with one attached hydrogen (secondary N) is 1. The summed E-state index contributed by atoms with van der Waals surface area (Å²) in [5.41, 5.74) is 0.626. The average molecular weight is 287 g/mol. The first-order chi connectivity index (χ1) is 8.63. The Morgan fingerprint density at radius 3 is 2.50 bits per heavy atom. The van der Waals surface area contributed by atoms with Gasteiger partial charge in [0.05, 0.1) is 22.3 Å². The summed E-state index contributed by atoms with van der Waals surface area (Å²) in [4.78, 5) is 13.9. The Hall–Kier alpha value is -0.930. The molecule has 0 atom stereocenters. The van der Waals surface area contributed by atoms with Crippen LogP contribution in [0.25, 0.3) is 0 Å². The summed E-state index contributed by atoms with van der Waals surface area (Å²) >= 11 is 12.1. The van der Waals surface area contributed by atoms with Crippen molar-refractivity contribution in [1.82, 2.24) is 4.90 Å². The average Bonchev–Trinajstić information content (AvgIpc) is 3.14. The lowest BCUT2D eigenvalue weighted by atomic mass is 10.3. The molecule has 2 rings (SSSR count). The summed E-state index contributed by atoms with van der Waals surface area (Å²) < 4.78 is 0. The molecular weight excluding hydrogens is 271 g/mol. The van der Waals surface area contributed by atoms with Crippen molar-refractivity contribution in [2.75, 3.05) is 18.4 Å². The van der Waals surface area contributed by atoms with Crippen molar-refractivity contribution in [2.24, 2.45) is 0 Å². The largest absolute Gasteiger partial charge is 0.374 e. The molecule has 1 aliphatic carbocycles. The zero-order chi connectivity index (χ0) is 13.1. The molecule has 1 fully saturated rings. The standard InChI is InChI=1S/C13H16Cl2N2O/c1-2-17(9-6-7-9)12(18)8-16-13-10(14)4-3-5-11(13)15/h3-5,9,16H,2,6-8H2,1H3. The lowest BCUT2D eigenvalue weighted by Gasteiger charge is -2.21. The Labute approximate surface area is 117 Å². The molecule has 0 saturated heterocycles. The molecule has 1 saturated carbocycles. The number of hydrogen-bond acceptors (Lipinski definition) is 2. The van der Waals surface area contributed by atoms with E-state index in [0.717, 1.165) is 19.4 Å². The number of rotatable bonds is 5. The lowest BCUT2D eigenvalue weighted by Crippen LogP contribution is -2.37. The molecule has 1 amide bonds. The van der Waals surface area contributed by atoms with Crippen molar-refractivity contribution in [1.29, 1.82) is 0 Å². The van der Waals surface area contributed by atoms with Crippen LogP contribution in [0.3, 0.4) is 0 Å². The number of para-hydroxylation sites is 1. The maximum atomic E-state index is 12.0. The molecule has 3 nitrogen and oxygen atoms in total. The molecule has 1 aromatic carbocycles. The molecule has 1 aliphatic rings. The van der Waals surface area contributed by atoms with Crippen LogP contribution < -0.4 is 5.32 Å². The molecule has 0 spiro atoms. The predicted molar refractivity (Wildman–Crippen MR) is 75.4 cm³/mol. The molecule has 0 bridgehead atoms. The number of nitrogens with zero attached hydrogens (tertiary/aromatic N) is 1. The maximum Gasteiger partial charge on any atom is 0.242 e. The highest BCUT2D eigenvalue weighted by Crippen LogP contribution is 2.30. The molecule has 18 heavy (non-hydrogen) atoms. The van der Waals surface area contributed by atoms with E-state index >= 15 is 0 Å². The molecule has 0 aromatic heterocycles. The highest BCUT2D eigenvalue weighted by Gasteiger charge is 2.31. The highest BCUT2D eigenvalue weighted by molar-refractivity contribution is 6.39. The Bertz CT molecular complexity index is 426. The Balaban J connectivity index is 1.96. The van der Waals surface area contributed by atoms with Crippen LogP contribution in [0.4, 0.5) is 5.69 Å². The van der Waals surface area contributed by atoms with Crippen molar-refractivity contribution in [2.45, 2.75) is 25.8 Å². The second-order valence-corrected chi connectivity index (χ2v) is 5.18. The third-order valence-electron chi connectivity index (χ3n) is 3.03. The van der Waals surface area contributed by atoms with Crippen LogP contribution in [0.15, 0.2) is 18.2 Å². The number of carbonyl (C=O) groups excluding carboxylic acids is 1. The van der Waals surface area contributed by atoms with Crippen molar-refractivity contribution >= 4 is 34.8 Å². The molecule has 0 aliphatic heterocycles. The zero-order valence-electron chi connectivity index (χ0n) is 10.2. The van der Waals surface area contributed by atoms with E-state index < -0.39 is 0 Å². The minimum absolute atomic E-state index is 0.0935. The first-order valence-corrected chi connectivity index (χ1v) is 6.86. The van der Waals surface area contributed by atoms with Gasteiger partial charge in [-0.2, -0.15) is 0 Å². The molecular formula is C13H16Cl2N2O. The number of likely N-dealkylation sites (N-methyl/N-ethyl adjacent to an activating group) is 1. The van der Waals surface area contributed by atoms with Gasteiger partial charge in [0.1, 0.15) is 0 Å². The maximum absolute atomic E-state index is 12.0. The van der Waals surface area contributed by atoms with Crippen molar-refractivity contribution in [3.05, 3.63) is 28.2 Å². The van der Waals surface area contributed by atoms with Crippen LogP contribution in [0.2, 0.25) is 10.0 Å². The predicted octanol–water partition coefficient (Wildman–Crippen LogP) is 3.42. The summed E-state index contributed by atoms with van der Waals surface area (Å²) in [6.45, 7) is 2.98. The minimum Gasteiger partial charge on any atom is -0.374 e. The van der Waals surface area contributed by atoms with Crippen LogP contribution >= 0.6 is 23.2 Å². The number of halogens is 2. The highest BCUT2D eigenvalue weighted by atomic mass is 35.5. The number of amides is 1. The monoisotopic (exact) mass is 286 g/mol. The quantitative estimate of drug-likeness (QED) is 0.900. The van der Waals surface area contributed by atoms with E-state index in [1.807, 2.05) is 11.8 Å².